The first kappa shape index (κ1) is 20.7. The molecule has 1 aromatic carbocycles. The van der Waals surface area contributed by atoms with Crippen LogP contribution in [0.4, 0.5) is 5.69 Å². The fourth-order valence-electron chi connectivity index (χ4n) is 3.25. The minimum absolute atomic E-state index is 0.00374. The molecule has 0 spiro atoms. The second-order valence-electron chi connectivity index (χ2n) is 6.14. The summed E-state index contributed by atoms with van der Waals surface area (Å²) in [6.07, 6.45) is 7.49. The number of allylic oxidation sites excluding steroid dienone is 2. The first-order chi connectivity index (χ1) is 13.9. The smallest absolute Gasteiger partial charge is 0.355 e. The molecule has 0 fully saturated rings. The quantitative estimate of drug-likeness (QED) is 0.679. The van der Waals surface area contributed by atoms with Gasteiger partial charge in [-0.2, -0.15) is 0 Å². The monoisotopic (exact) mass is 463 g/mol. The van der Waals surface area contributed by atoms with Crippen molar-refractivity contribution in [3.05, 3.63) is 57.4 Å². The van der Waals surface area contributed by atoms with Gasteiger partial charge in [-0.05, 0) is 47.0 Å². The fraction of sp³-hybridized carbons (Fsp3) is 0.250. The summed E-state index contributed by atoms with van der Waals surface area (Å²) in [5.41, 5.74) is 1.07. The number of hydrogen-bond acceptors (Lipinski definition) is 7. The van der Waals surface area contributed by atoms with Crippen molar-refractivity contribution in [2.45, 2.75) is 12.8 Å². The second-order valence-corrected chi connectivity index (χ2v) is 6.99. The number of carbonyl (C=O) groups is 3. The van der Waals surface area contributed by atoms with E-state index < -0.39 is 17.9 Å². The highest BCUT2D eigenvalue weighted by molar-refractivity contribution is 9.10. The summed E-state index contributed by atoms with van der Waals surface area (Å²) in [7, 11) is 2.43. The molecule has 2 heterocycles. The van der Waals surface area contributed by atoms with Gasteiger partial charge in [-0.1, -0.05) is 6.08 Å². The van der Waals surface area contributed by atoms with Gasteiger partial charge in [0.25, 0.3) is 0 Å². The molecular formula is C20H18BrNO7. The maximum atomic E-state index is 12.7. The Morgan fingerprint density at radius 2 is 1.90 bits per heavy atom. The summed E-state index contributed by atoms with van der Waals surface area (Å²) < 4.78 is 15.8. The van der Waals surface area contributed by atoms with Gasteiger partial charge in [-0.15, -0.1) is 0 Å². The van der Waals surface area contributed by atoms with E-state index in [1.165, 1.54) is 31.3 Å². The van der Waals surface area contributed by atoms with Crippen molar-refractivity contribution in [1.82, 2.24) is 0 Å². The van der Waals surface area contributed by atoms with Gasteiger partial charge in [-0.3, -0.25) is 0 Å². The zero-order chi connectivity index (χ0) is 21.1. The van der Waals surface area contributed by atoms with Crippen LogP contribution in [-0.2, 0) is 25.5 Å². The molecule has 0 atom stereocenters. The number of methoxy groups -OCH3 is 2. The Balaban J connectivity index is 2.32. The van der Waals surface area contributed by atoms with E-state index in [-0.39, 0.29) is 22.6 Å². The molecule has 0 aromatic heterocycles. The molecule has 2 aliphatic heterocycles. The van der Waals surface area contributed by atoms with Crippen LogP contribution in [0.5, 0.6) is 5.75 Å². The van der Waals surface area contributed by atoms with E-state index in [0.717, 1.165) is 0 Å². The normalized spacial score (nSPS) is 15.3. The van der Waals surface area contributed by atoms with Gasteiger partial charge in [0, 0.05) is 16.2 Å². The van der Waals surface area contributed by atoms with Crippen LogP contribution in [-0.4, -0.2) is 43.8 Å². The number of carbonyl (C=O) groups excluding carboxylic acids is 2. The first-order valence-electron chi connectivity index (χ1n) is 8.67. The van der Waals surface area contributed by atoms with Gasteiger partial charge in [0.15, 0.2) is 0 Å². The Morgan fingerprint density at radius 3 is 2.55 bits per heavy atom. The number of rotatable bonds is 4. The van der Waals surface area contributed by atoms with Crippen LogP contribution in [0, 0.1) is 0 Å². The number of hydrogen-bond donors (Lipinski definition) is 1. The fourth-order valence-corrected chi connectivity index (χ4v) is 3.91. The molecule has 0 saturated carbocycles. The maximum Gasteiger partial charge on any atom is 0.355 e. The summed E-state index contributed by atoms with van der Waals surface area (Å²) in [4.78, 5) is 38.2. The average Bonchev–Trinajstić information content (AvgIpc) is 2.94. The van der Waals surface area contributed by atoms with E-state index in [0.29, 0.717) is 35.2 Å². The lowest BCUT2D eigenvalue weighted by Gasteiger charge is -2.30. The molecule has 0 saturated heterocycles. The van der Waals surface area contributed by atoms with Crippen LogP contribution in [0.2, 0.25) is 0 Å². The SMILES string of the molecule is COC(=O)C1=C(C(=O)OC)N(c2c(Br)cc(C(=O)O)c3c2CCCO3)C=CC=C1. The Kier molecular flexibility index (Phi) is 6.07. The summed E-state index contributed by atoms with van der Waals surface area (Å²) in [5, 5.41) is 9.55. The Bertz CT molecular complexity index is 978. The van der Waals surface area contributed by atoms with Gasteiger partial charge in [0.1, 0.15) is 17.0 Å². The lowest BCUT2D eigenvalue weighted by atomic mass is 9.98. The number of esters is 2. The molecule has 3 rings (SSSR count). The van der Waals surface area contributed by atoms with Gasteiger partial charge in [0.05, 0.1) is 32.1 Å². The zero-order valence-electron chi connectivity index (χ0n) is 15.7. The standard InChI is InChI=1S/C20H18BrNO7/c1-27-19(25)12-6-3-4-8-22(16(12)20(26)28-2)15-11-7-5-9-29-17(11)13(18(23)24)10-14(15)21/h3-4,6,8,10H,5,7,9H2,1-2H3,(H,23,24). The van der Waals surface area contributed by atoms with E-state index in [4.69, 9.17) is 14.2 Å². The number of halogens is 1. The summed E-state index contributed by atoms with van der Waals surface area (Å²) in [6, 6.07) is 1.42. The van der Waals surface area contributed by atoms with Crippen LogP contribution in [0.1, 0.15) is 22.3 Å². The summed E-state index contributed by atoms with van der Waals surface area (Å²) in [6.45, 7) is 0.388. The number of aromatic carboxylic acids is 1. The molecule has 1 aromatic rings. The number of anilines is 1. The second kappa shape index (κ2) is 8.52. The molecule has 29 heavy (non-hydrogen) atoms. The van der Waals surface area contributed by atoms with E-state index >= 15 is 0 Å². The molecule has 1 N–H and O–H groups in total. The molecule has 2 aliphatic rings. The zero-order valence-corrected chi connectivity index (χ0v) is 17.3. The summed E-state index contributed by atoms with van der Waals surface area (Å²) >= 11 is 3.42. The third-order valence-corrected chi connectivity index (χ3v) is 5.08. The van der Waals surface area contributed by atoms with E-state index in [9.17, 15) is 19.5 Å². The predicted molar refractivity (Wildman–Crippen MR) is 107 cm³/mol. The van der Waals surface area contributed by atoms with Crippen LogP contribution >= 0.6 is 15.9 Å². The van der Waals surface area contributed by atoms with Crippen LogP contribution in [0.3, 0.4) is 0 Å². The van der Waals surface area contributed by atoms with Crippen molar-refractivity contribution in [3.8, 4) is 5.75 Å². The van der Waals surface area contributed by atoms with Gasteiger partial charge >= 0.3 is 17.9 Å². The number of carboxylic acids is 1. The minimum Gasteiger partial charge on any atom is -0.492 e. The first-order valence-corrected chi connectivity index (χ1v) is 9.46. The van der Waals surface area contributed by atoms with E-state index in [1.54, 1.807) is 18.4 Å². The van der Waals surface area contributed by atoms with Gasteiger partial charge < -0.3 is 24.2 Å². The number of fused-ring (bicyclic) bond motifs is 1. The van der Waals surface area contributed by atoms with Crippen LogP contribution in [0.25, 0.3) is 0 Å². The lowest BCUT2D eigenvalue weighted by molar-refractivity contribution is -0.139. The lowest BCUT2D eigenvalue weighted by Crippen LogP contribution is -2.29. The van der Waals surface area contributed by atoms with Crippen molar-refractivity contribution >= 4 is 39.5 Å². The molecule has 0 amide bonds. The third-order valence-electron chi connectivity index (χ3n) is 4.48. The molecular weight excluding hydrogens is 446 g/mol. The Morgan fingerprint density at radius 1 is 1.17 bits per heavy atom. The highest BCUT2D eigenvalue weighted by atomic mass is 79.9. The van der Waals surface area contributed by atoms with Crippen molar-refractivity contribution in [2.75, 3.05) is 25.7 Å². The van der Waals surface area contributed by atoms with Crippen molar-refractivity contribution in [2.24, 2.45) is 0 Å². The highest BCUT2D eigenvalue weighted by Gasteiger charge is 2.33. The predicted octanol–water partition coefficient (Wildman–Crippen LogP) is 2.96. The van der Waals surface area contributed by atoms with Gasteiger partial charge in [-0.25, -0.2) is 14.4 Å². The van der Waals surface area contributed by atoms with Gasteiger partial charge in [0.2, 0.25) is 0 Å². The minimum atomic E-state index is -1.12. The Labute approximate surface area is 175 Å². The molecule has 0 aliphatic carbocycles. The topological polar surface area (TPSA) is 102 Å². The summed E-state index contributed by atoms with van der Waals surface area (Å²) in [5.74, 6) is -2.33. The molecule has 0 radical (unpaired) electrons. The number of benzene rings is 1. The Hall–Kier alpha value is -3.07. The molecule has 9 heteroatoms. The van der Waals surface area contributed by atoms with E-state index in [2.05, 4.69) is 15.9 Å². The van der Waals surface area contributed by atoms with Crippen LogP contribution in [0.15, 0.2) is 46.2 Å². The van der Waals surface area contributed by atoms with Crippen molar-refractivity contribution < 1.29 is 33.7 Å². The average molecular weight is 464 g/mol. The number of ether oxygens (including phenoxy) is 3. The maximum absolute atomic E-state index is 12.7. The number of carboxylic acid groups (broad SMARTS) is 1. The third kappa shape index (κ3) is 3.77. The van der Waals surface area contributed by atoms with E-state index in [1.807, 2.05) is 0 Å². The molecule has 0 unspecified atom stereocenters. The molecule has 0 bridgehead atoms. The highest BCUT2D eigenvalue weighted by Crippen LogP contribution is 2.44. The number of nitrogens with zero attached hydrogens (tertiary/aromatic N) is 1. The van der Waals surface area contributed by atoms with Crippen molar-refractivity contribution in [3.63, 3.8) is 0 Å². The largest absolute Gasteiger partial charge is 0.492 e. The molecule has 8 nitrogen and oxygen atoms in total. The molecule has 152 valence electrons. The van der Waals surface area contributed by atoms with Crippen molar-refractivity contribution in [1.29, 1.82) is 0 Å². The van der Waals surface area contributed by atoms with Crippen LogP contribution < -0.4 is 9.64 Å².